The summed E-state index contributed by atoms with van der Waals surface area (Å²) in [6.07, 6.45) is 2.36. The van der Waals surface area contributed by atoms with E-state index in [1.54, 1.807) is 27.9 Å². The molecule has 2 saturated heterocycles. The number of nitrogens with zero attached hydrogens (tertiary/aromatic N) is 3. The molecule has 42 heavy (non-hydrogen) atoms. The van der Waals surface area contributed by atoms with Gasteiger partial charge in [0.1, 0.15) is 0 Å². The van der Waals surface area contributed by atoms with Crippen molar-refractivity contribution in [1.82, 2.24) is 25.3 Å². The number of likely N-dealkylation sites (N-methyl/N-ethyl adjacent to an activating group) is 1. The average Bonchev–Trinajstić information content (AvgIpc) is 2.92. The fourth-order valence-electron chi connectivity index (χ4n) is 2.44. The van der Waals surface area contributed by atoms with Gasteiger partial charge in [0.05, 0.1) is 0 Å². The van der Waals surface area contributed by atoms with Gasteiger partial charge in [0.2, 0.25) is 35.4 Å². The van der Waals surface area contributed by atoms with E-state index in [9.17, 15) is 28.8 Å². The maximum atomic E-state index is 10.8. The number of nitrogens with one attached hydrogen (secondary N) is 2. The van der Waals surface area contributed by atoms with Crippen LogP contribution in [0.1, 0.15) is 75.2 Å². The molecule has 0 spiro atoms. The molecule has 0 unspecified atom stereocenters. The Morgan fingerprint density at radius 3 is 1.00 bits per heavy atom. The number of likely N-dealkylation sites (tertiary alicyclic amines) is 1. The van der Waals surface area contributed by atoms with Gasteiger partial charge in [0.15, 0.2) is 0 Å². The van der Waals surface area contributed by atoms with Crippen LogP contribution in [0.2, 0.25) is 0 Å². The third kappa shape index (κ3) is 56.8. The molecule has 0 bridgehead atoms. The van der Waals surface area contributed by atoms with E-state index in [0.29, 0.717) is 0 Å². The highest BCUT2D eigenvalue weighted by Crippen LogP contribution is 2.15. The number of piperazine rings is 1. The molecular weight excluding hydrogens is 544 g/mol. The summed E-state index contributed by atoms with van der Waals surface area (Å²) in [5.41, 5.74) is 13.4. The highest BCUT2D eigenvalue weighted by molar-refractivity contribution is 5.74. The number of carbonyl (C=O) groups excluding carboxylic acids is 6. The predicted octanol–water partition coefficient (Wildman–Crippen LogP) is 0.134. The molecule has 14 nitrogen and oxygen atoms in total. The second-order valence-electron chi connectivity index (χ2n) is 8.83. The van der Waals surface area contributed by atoms with Gasteiger partial charge in [-0.3, -0.25) is 28.8 Å². The lowest BCUT2D eigenvalue weighted by molar-refractivity contribution is -0.131. The van der Waals surface area contributed by atoms with Crippen LogP contribution in [0.15, 0.2) is 0 Å². The van der Waals surface area contributed by atoms with Crippen molar-refractivity contribution >= 4 is 35.4 Å². The molecule has 2 rings (SSSR count). The van der Waals surface area contributed by atoms with Gasteiger partial charge in [-0.05, 0) is 32.9 Å². The van der Waals surface area contributed by atoms with Crippen molar-refractivity contribution in [2.45, 2.75) is 75.2 Å². The topological polar surface area (TPSA) is 214 Å². The molecule has 2 fully saturated rings. The number of primary amides is 2. The van der Waals surface area contributed by atoms with Gasteiger partial charge in [-0.25, -0.2) is 0 Å². The van der Waals surface area contributed by atoms with Crippen LogP contribution in [0, 0.1) is 5.92 Å². The largest absolute Gasteiger partial charge is 0.370 e. The fourth-order valence-corrected chi connectivity index (χ4v) is 2.44. The van der Waals surface area contributed by atoms with Crippen LogP contribution in [-0.2, 0) is 28.8 Å². The summed E-state index contributed by atoms with van der Waals surface area (Å²) in [5.74, 6) is 0.589. The first-order valence-electron chi connectivity index (χ1n) is 14.1. The molecule has 0 aromatic rings. The summed E-state index contributed by atoms with van der Waals surface area (Å²) in [4.78, 5) is 65.5. The van der Waals surface area contributed by atoms with Crippen LogP contribution in [0.5, 0.6) is 0 Å². The third-order valence-corrected chi connectivity index (χ3v) is 4.88. The standard InChI is InChI=1S/C8H15NO.C7H14N2O.2C3H7NO.2C2H5NO.C2H6.CH5N/c1-7-3-5-9(6-4-7)8(2)10;1-7(10)9-5-3-8(2)4-6-9;2*1-3(5)4-2;2*1-2(3)4;2*1-2/h7H,3-6H2,1-2H3;3-6H2,1-2H3;2*1-2H3,(H,4,5);2*1H3,(H2,3,4);1-2H3;2H2,1H3. The van der Waals surface area contributed by atoms with Crippen LogP contribution in [-0.4, -0.2) is 118 Å². The molecule has 0 saturated carbocycles. The normalized spacial score (nSPS) is 13.2. The third-order valence-electron chi connectivity index (χ3n) is 4.88. The van der Waals surface area contributed by atoms with Gasteiger partial charge in [0, 0.05) is 94.9 Å². The summed E-state index contributed by atoms with van der Waals surface area (Å²) in [7, 11) is 6.78. The van der Waals surface area contributed by atoms with Crippen molar-refractivity contribution in [2.75, 3.05) is 67.5 Å². The van der Waals surface area contributed by atoms with Gasteiger partial charge < -0.3 is 42.5 Å². The number of nitrogens with two attached hydrogens (primary N) is 3. The van der Waals surface area contributed by atoms with Gasteiger partial charge in [-0.15, -0.1) is 0 Å². The molecule has 8 N–H and O–H groups in total. The van der Waals surface area contributed by atoms with Crippen molar-refractivity contribution in [3.63, 3.8) is 0 Å². The smallest absolute Gasteiger partial charge is 0.219 e. The lowest BCUT2D eigenvalue weighted by atomic mass is 9.99. The van der Waals surface area contributed by atoms with E-state index in [4.69, 9.17) is 0 Å². The second-order valence-corrected chi connectivity index (χ2v) is 8.83. The maximum absolute atomic E-state index is 10.8. The number of carbonyl (C=O) groups is 6. The lowest BCUT2D eigenvalue weighted by Crippen LogP contribution is -2.46. The molecule has 0 aromatic heterocycles. The van der Waals surface area contributed by atoms with E-state index in [0.717, 1.165) is 45.2 Å². The van der Waals surface area contributed by atoms with E-state index in [1.807, 2.05) is 23.6 Å². The molecule has 2 aliphatic heterocycles. The molecular formula is C28H64N8O6. The van der Waals surface area contributed by atoms with E-state index >= 15 is 0 Å². The highest BCUT2D eigenvalue weighted by atomic mass is 16.2. The van der Waals surface area contributed by atoms with Gasteiger partial charge in [-0.1, -0.05) is 20.8 Å². The van der Waals surface area contributed by atoms with E-state index in [-0.39, 0.29) is 35.4 Å². The maximum Gasteiger partial charge on any atom is 0.219 e. The van der Waals surface area contributed by atoms with E-state index < -0.39 is 0 Å². The van der Waals surface area contributed by atoms with Crippen molar-refractivity contribution in [1.29, 1.82) is 0 Å². The van der Waals surface area contributed by atoms with Crippen LogP contribution in [0.4, 0.5) is 0 Å². The van der Waals surface area contributed by atoms with Crippen LogP contribution >= 0.6 is 0 Å². The Hall–Kier alpha value is -3.26. The Morgan fingerprint density at radius 2 is 0.810 bits per heavy atom. The van der Waals surface area contributed by atoms with Crippen LogP contribution in [0.3, 0.4) is 0 Å². The molecule has 0 atom stereocenters. The zero-order chi connectivity index (χ0) is 34.8. The SMILES string of the molecule is CC.CC(=O)N1CCC(C)CC1.CC(=O)N1CCN(C)CC1.CC(N)=O.CC(N)=O.CN.CNC(C)=O.CNC(C)=O. The Bertz CT molecular complexity index is 626. The minimum absolute atomic E-state index is 0.00463. The lowest BCUT2D eigenvalue weighted by Gasteiger charge is -2.31. The minimum Gasteiger partial charge on any atom is -0.370 e. The second kappa shape index (κ2) is 37.7. The number of amides is 6. The quantitative estimate of drug-likeness (QED) is 0.254. The number of hydrogen-bond donors (Lipinski definition) is 5. The number of hydrogen-bond acceptors (Lipinski definition) is 8. The number of piperidine rings is 1. The molecule has 0 aliphatic carbocycles. The zero-order valence-electron chi connectivity index (χ0n) is 28.8. The van der Waals surface area contributed by atoms with Crippen molar-refractivity contribution in [2.24, 2.45) is 23.1 Å². The fraction of sp³-hybridized carbons (Fsp3) is 0.786. The summed E-state index contributed by atoms with van der Waals surface area (Å²) in [5, 5.41) is 4.78. The van der Waals surface area contributed by atoms with Gasteiger partial charge >= 0.3 is 0 Å². The molecule has 0 radical (unpaired) electrons. The minimum atomic E-state index is -0.333. The monoisotopic (exact) mass is 608 g/mol. The summed E-state index contributed by atoms with van der Waals surface area (Å²) in [6.45, 7) is 20.8. The average molecular weight is 609 g/mol. The molecule has 6 amide bonds. The first kappa shape index (κ1) is 51.5. The predicted molar refractivity (Wildman–Crippen MR) is 171 cm³/mol. The molecule has 2 aliphatic rings. The van der Waals surface area contributed by atoms with Crippen molar-refractivity contribution in [3.05, 3.63) is 0 Å². The van der Waals surface area contributed by atoms with Crippen molar-refractivity contribution in [3.8, 4) is 0 Å². The Labute approximate surface area is 255 Å². The summed E-state index contributed by atoms with van der Waals surface area (Å²) < 4.78 is 0. The molecule has 0 aromatic carbocycles. The summed E-state index contributed by atoms with van der Waals surface area (Å²) >= 11 is 0. The Morgan fingerprint density at radius 1 is 0.595 bits per heavy atom. The zero-order valence-corrected chi connectivity index (χ0v) is 28.8. The summed E-state index contributed by atoms with van der Waals surface area (Å²) in [6, 6.07) is 0. The van der Waals surface area contributed by atoms with E-state index in [2.05, 4.69) is 46.7 Å². The van der Waals surface area contributed by atoms with Crippen molar-refractivity contribution < 1.29 is 28.8 Å². The van der Waals surface area contributed by atoms with E-state index in [1.165, 1.54) is 47.6 Å². The van der Waals surface area contributed by atoms with Gasteiger partial charge in [0.25, 0.3) is 0 Å². The molecule has 252 valence electrons. The number of rotatable bonds is 0. The van der Waals surface area contributed by atoms with Gasteiger partial charge in [-0.2, -0.15) is 0 Å². The first-order valence-corrected chi connectivity index (χ1v) is 14.1. The van der Waals surface area contributed by atoms with Crippen LogP contribution in [0.25, 0.3) is 0 Å². The Balaban J connectivity index is -0.0000000944. The van der Waals surface area contributed by atoms with Crippen LogP contribution < -0.4 is 27.8 Å². The molecule has 2 heterocycles. The molecule has 14 heteroatoms. The highest BCUT2D eigenvalue weighted by Gasteiger charge is 2.16. The first-order chi connectivity index (χ1) is 19.4. The Kier molecular flexibility index (Phi) is 46.3.